The number of imidazole rings is 1. The van der Waals surface area contributed by atoms with Gasteiger partial charge in [-0.25, -0.2) is 9.97 Å². The molecule has 2 aromatic rings. The highest BCUT2D eigenvalue weighted by atomic mass is 16.5. The minimum Gasteiger partial charge on any atom is -0.448 e. The lowest BCUT2D eigenvalue weighted by Crippen LogP contribution is -2.40. The Labute approximate surface area is 152 Å². The first-order valence-electron chi connectivity index (χ1n) is 9.10. The van der Waals surface area contributed by atoms with Crippen LogP contribution in [0, 0.1) is 0 Å². The number of ether oxygens (including phenoxy) is 1. The van der Waals surface area contributed by atoms with Gasteiger partial charge in [0, 0.05) is 57.1 Å². The smallest absolute Gasteiger partial charge is 0.273 e. The van der Waals surface area contributed by atoms with Crippen molar-refractivity contribution in [2.24, 2.45) is 7.05 Å². The van der Waals surface area contributed by atoms with E-state index in [1.165, 1.54) is 6.26 Å². The molecule has 4 rings (SSSR count). The number of likely N-dealkylation sites (tertiary alicyclic amines) is 1. The number of hydrogen-bond acceptors (Lipinski definition) is 6. The largest absolute Gasteiger partial charge is 0.448 e. The molecule has 4 heterocycles. The van der Waals surface area contributed by atoms with Crippen LogP contribution in [0.1, 0.15) is 46.8 Å². The summed E-state index contributed by atoms with van der Waals surface area (Å²) in [5.41, 5.74) is 1.48. The molecule has 2 aromatic heterocycles. The van der Waals surface area contributed by atoms with Gasteiger partial charge in [-0.2, -0.15) is 0 Å². The van der Waals surface area contributed by atoms with Crippen molar-refractivity contribution in [2.75, 3.05) is 33.4 Å². The lowest BCUT2D eigenvalue weighted by molar-refractivity contribution is 0.0794. The molecule has 8 nitrogen and oxygen atoms in total. The van der Waals surface area contributed by atoms with Crippen molar-refractivity contribution in [3.63, 3.8) is 0 Å². The van der Waals surface area contributed by atoms with Crippen LogP contribution in [0.5, 0.6) is 0 Å². The van der Waals surface area contributed by atoms with Gasteiger partial charge in [0.25, 0.3) is 5.91 Å². The summed E-state index contributed by atoms with van der Waals surface area (Å²) in [4.78, 5) is 23.6. The maximum atomic E-state index is 12.7. The van der Waals surface area contributed by atoms with Gasteiger partial charge in [0.1, 0.15) is 6.26 Å². The van der Waals surface area contributed by atoms with Crippen LogP contribution in [0.4, 0.5) is 0 Å². The first-order chi connectivity index (χ1) is 12.6. The fourth-order valence-electron chi connectivity index (χ4n) is 3.94. The van der Waals surface area contributed by atoms with E-state index in [2.05, 4.69) is 27.2 Å². The molecule has 26 heavy (non-hydrogen) atoms. The lowest BCUT2D eigenvalue weighted by atomic mass is 10.00. The van der Waals surface area contributed by atoms with E-state index in [9.17, 15) is 4.79 Å². The Morgan fingerprint density at radius 1 is 1.27 bits per heavy atom. The first-order valence-corrected chi connectivity index (χ1v) is 9.10. The van der Waals surface area contributed by atoms with Crippen LogP contribution in [0.25, 0.3) is 0 Å². The summed E-state index contributed by atoms with van der Waals surface area (Å²) in [6.07, 6.45) is 6.92. The van der Waals surface area contributed by atoms with Crippen LogP contribution >= 0.6 is 0 Å². The van der Waals surface area contributed by atoms with E-state index in [0.717, 1.165) is 44.8 Å². The van der Waals surface area contributed by atoms with E-state index in [0.29, 0.717) is 11.6 Å². The third-order valence-corrected chi connectivity index (χ3v) is 5.38. The molecular formula is C18H25N5O3. The Hall–Kier alpha value is -2.19. The molecule has 0 radical (unpaired) electrons. The van der Waals surface area contributed by atoms with Gasteiger partial charge >= 0.3 is 0 Å². The van der Waals surface area contributed by atoms with Gasteiger partial charge in [-0.15, -0.1) is 0 Å². The number of aryl methyl sites for hydroxylation is 1. The summed E-state index contributed by atoms with van der Waals surface area (Å²) in [5, 5.41) is 3.14. The van der Waals surface area contributed by atoms with Crippen molar-refractivity contribution in [3.8, 4) is 0 Å². The van der Waals surface area contributed by atoms with Crippen molar-refractivity contribution >= 4 is 5.91 Å². The normalized spacial score (nSPS) is 24.8. The Bertz CT molecular complexity index is 764. The summed E-state index contributed by atoms with van der Waals surface area (Å²) in [6, 6.07) is 0.0196. The zero-order valence-corrected chi connectivity index (χ0v) is 15.2. The molecule has 140 valence electrons. The van der Waals surface area contributed by atoms with Crippen molar-refractivity contribution in [1.29, 1.82) is 0 Å². The Balaban J connectivity index is 1.45. The minimum atomic E-state index is -0.181. The highest BCUT2D eigenvalue weighted by molar-refractivity contribution is 5.92. The predicted molar refractivity (Wildman–Crippen MR) is 94.0 cm³/mol. The standard InChI is InChI=1S/C18H25N5O3/c1-22-8-13(16-7-19-11-23(16)2)14(9-22)20-17(24)15-10-26-18(21-15)12-3-5-25-6-4-12/h7,10-14H,3-6,8-9H2,1-2H3,(H,20,24)/t13-,14-/m1/s1. The molecule has 0 aromatic carbocycles. The molecule has 2 aliphatic rings. The number of nitrogens with one attached hydrogen (secondary N) is 1. The van der Waals surface area contributed by atoms with Gasteiger partial charge < -0.3 is 23.9 Å². The number of aromatic nitrogens is 3. The highest BCUT2D eigenvalue weighted by Crippen LogP contribution is 2.28. The zero-order chi connectivity index (χ0) is 18.1. The zero-order valence-electron chi connectivity index (χ0n) is 15.2. The van der Waals surface area contributed by atoms with E-state index in [1.807, 2.05) is 17.8 Å². The molecule has 0 spiro atoms. The predicted octanol–water partition coefficient (Wildman–Crippen LogP) is 1.13. The third kappa shape index (κ3) is 3.39. The van der Waals surface area contributed by atoms with E-state index >= 15 is 0 Å². The van der Waals surface area contributed by atoms with Crippen LogP contribution in [0.3, 0.4) is 0 Å². The number of carbonyl (C=O) groups excluding carboxylic acids is 1. The number of hydrogen-bond donors (Lipinski definition) is 1. The molecule has 0 bridgehead atoms. The average molecular weight is 359 g/mol. The summed E-state index contributed by atoms with van der Waals surface area (Å²) >= 11 is 0. The Kier molecular flexibility index (Phi) is 4.78. The van der Waals surface area contributed by atoms with Crippen LogP contribution in [-0.2, 0) is 11.8 Å². The van der Waals surface area contributed by atoms with Crippen LogP contribution in [-0.4, -0.2) is 64.7 Å². The second-order valence-electron chi connectivity index (χ2n) is 7.29. The number of rotatable bonds is 4. The maximum absolute atomic E-state index is 12.7. The van der Waals surface area contributed by atoms with E-state index in [-0.39, 0.29) is 23.8 Å². The minimum absolute atomic E-state index is 0.0196. The second-order valence-corrected chi connectivity index (χ2v) is 7.29. The number of likely N-dealkylation sites (N-methyl/N-ethyl adjacent to an activating group) is 1. The monoisotopic (exact) mass is 359 g/mol. The molecule has 1 N–H and O–H groups in total. The molecule has 2 fully saturated rings. The van der Waals surface area contributed by atoms with Crippen LogP contribution < -0.4 is 5.32 Å². The maximum Gasteiger partial charge on any atom is 0.273 e. The van der Waals surface area contributed by atoms with Gasteiger partial charge in [-0.05, 0) is 19.9 Å². The molecule has 0 saturated carbocycles. The van der Waals surface area contributed by atoms with Gasteiger partial charge in [-0.3, -0.25) is 4.79 Å². The third-order valence-electron chi connectivity index (χ3n) is 5.38. The molecule has 1 amide bonds. The Morgan fingerprint density at radius 2 is 2.08 bits per heavy atom. The highest BCUT2D eigenvalue weighted by Gasteiger charge is 2.35. The number of carbonyl (C=O) groups is 1. The number of amides is 1. The topological polar surface area (TPSA) is 85.4 Å². The quantitative estimate of drug-likeness (QED) is 0.881. The van der Waals surface area contributed by atoms with Crippen LogP contribution in [0.15, 0.2) is 23.2 Å². The lowest BCUT2D eigenvalue weighted by Gasteiger charge is -2.20. The summed E-state index contributed by atoms with van der Waals surface area (Å²) in [5.74, 6) is 0.910. The number of nitrogens with zero attached hydrogens (tertiary/aromatic N) is 4. The summed E-state index contributed by atoms with van der Waals surface area (Å²) in [7, 11) is 4.05. The van der Waals surface area contributed by atoms with Gasteiger partial charge in [-0.1, -0.05) is 0 Å². The van der Waals surface area contributed by atoms with Gasteiger partial charge in [0.15, 0.2) is 11.6 Å². The van der Waals surface area contributed by atoms with Gasteiger partial charge in [0.2, 0.25) is 0 Å². The first kappa shape index (κ1) is 17.2. The SMILES string of the molecule is CN1C[C@@H](NC(=O)c2coc(C3CCOCC3)n2)[C@H](c2cncn2C)C1. The molecule has 2 aliphatic heterocycles. The molecule has 2 saturated heterocycles. The second kappa shape index (κ2) is 7.20. The molecular weight excluding hydrogens is 334 g/mol. The molecule has 0 aliphatic carbocycles. The molecule has 2 atom stereocenters. The fraction of sp³-hybridized carbons (Fsp3) is 0.611. The summed E-state index contributed by atoms with van der Waals surface area (Å²) < 4.78 is 13.0. The van der Waals surface area contributed by atoms with E-state index < -0.39 is 0 Å². The van der Waals surface area contributed by atoms with Crippen molar-refractivity contribution in [1.82, 2.24) is 24.8 Å². The van der Waals surface area contributed by atoms with Crippen molar-refractivity contribution in [3.05, 3.63) is 36.1 Å². The van der Waals surface area contributed by atoms with Crippen molar-refractivity contribution < 1.29 is 13.9 Å². The van der Waals surface area contributed by atoms with E-state index in [4.69, 9.17) is 9.15 Å². The fourth-order valence-corrected chi connectivity index (χ4v) is 3.94. The van der Waals surface area contributed by atoms with Crippen molar-refractivity contribution in [2.45, 2.75) is 30.7 Å². The summed E-state index contributed by atoms with van der Waals surface area (Å²) in [6.45, 7) is 3.12. The van der Waals surface area contributed by atoms with Crippen LogP contribution in [0.2, 0.25) is 0 Å². The van der Waals surface area contributed by atoms with Gasteiger partial charge in [0.05, 0.1) is 12.4 Å². The molecule has 8 heteroatoms. The number of oxazole rings is 1. The molecule has 0 unspecified atom stereocenters. The average Bonchev–Trinajstić information content (AvgIpc) is 3.36. The van der Waals surface area contributed by atoms with E-state index in [1.54, 1.807) is 6.33 Å². The Morgan fingerprint density at radius 3 is 2.81 bits per heavy atom.